The molecule has 7 nitrogen and oxygen atoms in total. The van der Waals surface area contributed by atoms with Gasteiger partial charge in [0.25, 0.3) is 11.8 Å². The van der Waals surface area contributed by atoms with Gasteiger partial charge in [0.15, 0.2) is 0 Å². The summed E-state index contributed by atoms with van der Waals surface area (Å²) in [5, 5.41) is 2.11. The first-order chi connectivity index (χ1) is 15.7. The fraction of sp³-hybridized carbons (Fsp3) is 0.0870. The zero-order valence-electron chi connectivity index (χ0n) is 17.1. The predicted molar refractivity (Wildman–Crippen MR) is 113 cm³/mol. The number of amides is 4. The summed E-state index contributed by atoms with van der Waals surface area (Å²) in [6, 6.07) is 12.9. The molecule has 10 heteroatoms. The third kappa shape index (κ3) is 4.22. The highest BCUT2D eigenvalue weighted by molar-refractivity contribution is 6.39. The standard InChI is InChI=1S/C23H16F3N3O4/c1-33-18-9-7-15(8-10-18)29-21(31)19(20(30)27-22(29)32)13-17-6-3-11-28(17)16-5-2-4-14(12-16)23(24,25)26/h2-13H,1H3,(H,27,30,32)/b19-13+. The largest absolute Gasteiger partial charge is 0.497 e. The highest BCUT2D eigenvalue weighted by atomic mass is 19.4. The van der Waals surface area contributed by atoms with Gasteiger partial charge in [-0.3, -0.25) is 14.9 Å². The lowest BCUT2D eigenvalue weighted by atomic mass is 10.1. The molecule has 0 spiro atoms. The summed E-state index contributed by atoms with van der Waals surface area (Å²) in [6.07, 6.45) is -1.80. The Morgan fingerprint density at radius 3 is 2.33 bits per heavy atom. The first kappa shape index (κ1) is 21.9. The fourth-order valence-corrected chi connectivity index (χ4v) is 3.35. The highest BCUT2D eigenvalue weighted by Crippen LogP contribution is 2.31. The smallest absolute Gasteiger partial charge is 0.416 e. The van der Waals surface area contributed by atoms with Gasteiger partial charge in [0.05, 0.1) is 18.4 Å². The molecular weight excluding hydrogens is 439 g/mol. The van der Waals surface area contributed by atoms with E-state index in [9.17, 15) is 27.6 Å². The number of hydrogen-bond acceptors (Lipinski definition) is 4. The number of benzene rings is 2. The molecule has 1 N–H and O–H groups in total. The topological polar surface area (TPSA) is 80.6 Å². The zero-order chi connectivity index (χ0) is 23.8. The molecule has 3 aromatic rings. The first-order valence-corrected chi connectivity index (χ1v) is 9.59. The second-order valence-corrected chi connectivity index (χ2v) is 7.01. The average Bonchev–Trinajstić information content (AvgIpc) is 3.25. The van der Waals surface area contributed by atoms with Crippen molar-refractivity contribution in [1.29, 1.82) is 0 Å². The minimum absolute atomic E-state index is 0.188. The third-order valence-electron chi connectivity index (χ3n) is 4.96. The maximum atomic E-state index is 13.1. The molecular formula is C23H16F3N3O4. The molecule has 0 aliphatic carbocycles. The number of nitrogens with zero attached hydrogens (tertiary/aromatic N) is 2. The number of aromatic nitrogens is 1. The maximum Gasteiger partial charge on any atom is 0.416 e. The van der Waals surface area contributed by atoms with Gasteiger partial charge in [-0.05, 0) is 60.7 Å². The van der Waals surface area contributed by atoms with Gasteiger partial charge in [-0.15, -0.1) is 0 Å². The molecule has 33 heavy (non-hydrogen) atoms. The Morgan fingerprint density at radius 2 is 1.67 bits per heavy atom. The van der Waals surface area contributed by atoms with Crippen molar-refractivity contribution < 1.29 is 32.3 Å². The van der Waals surface area contributed by atoms with E-state index in [0.29, 0.717) is 5.75 Å². The Balaban J connectivity index is 1.72. The SMILES string of the molecule is COc1ccc(N2C(=O)NC(=O)/C(=C\c3cccn3-c3cccc(C(F)(F)F)c3)C2=O)cc1. The Morgan fingerprint density at radius 1 is 0.939 bits per heavy atom. The quantitative estimate of drug-likeness (QED) is 0.473. The zero-order valence-corrected chi connectivity index (χ0v) is 17.1. The van der Waals surface area contributed by atoms with Crippen LogP contribution in [0.4, 0.5) is 23.7 Å². The second kappa shape index (κ2) is 8.30. The molecule has 4 amide bonds. The van der Waals surface area contributed by atoms with Crippen molar-refractivity contribution in [2.45, 2.75) is 6.18 Å². The summed E-state index contributed by atoms with van der Waals surface area (Å²) in [5.41, 5.74) is -0.511. The van der Waals surface area contributed by atoms with E-state index in [-0.39, 0.29) is 22.6 Å². The number of halogens is 3. The predicted octanol–water partition coefficient (Wildman–Crippen LogP) is 4.17. The van der Waals surface area contributed by atoms with Crippen LogP contribution in [0.2, 0.25) is 0 Å². The summed E-state index contributed by atoms with van der Waals surface area (Å²) in [6.45, 7) is 0. The summed E-state index contributed by atoms with van der Waals surface area (Å²) in [5.74, 6) is -1.27. The van der Waals surface area contributed by atoms with Crippen LogP contribution in [-0.4, -0.2) is 29.5 Å². The summed E-state index contributed by atoms with van der Waals surface area (Å²) in [4.78, 5) is 38.6. The molecule has 1 aromatic heterocycles. The third-order valence-corrected chi connectivity index (χ3v) is 4.96. The number of carbonyl (C=O) groups excluding carboxylic acids is 3. The molecule has 0 unspecified atom stereocenters. The molecule has 168 valence electrons. The summed E-state index contributed by atoms with van der Waals surface area (Å²) in [7, 11) is 1.47. The number of nitrogens with one attached hydrogen (secondary N) is 1. The molecule has 0 radical (unpaired) electrons. The number of methoxy groups -OCH3 is 1. The van der Waals surface area contributed by atoms with Crippen LogP contribution >= 0.6 is 0 Å². The van der Waals surface area contributed by atoms with Gasteiger partial charge in [0, 0.05) is 17.6 Å². The van der Waals surface area contributed by atoms with Crippen molar-refractivity contribution in [3.8, 4) is 11.4 Å². The van der Waals surface area contributed by atoms with Gasteiger partial charge in [0.1, 0.15) is 11.3 Å². The van der Waals surface area contributed by atoms with Crippen molar-refractivity contribution in [2.24, 2.45) is 0 Å². The Bertz CT molecular complexity index is 1280. The highest BCUT2D eigenvalue weighted by Gasteiger charge is 2.37. The van der Waals surface area contributed by atoms with Crippen LogP contribution in [0.15, 0.2) is 72.4 Å². The van der Waals surface area contributed by atoms with Crippen LogP contribution in [0.25, 0.3) is 11.8 Å². The van der Waals surface area contributed by atoms with E-state index in [1.54, 1.807) is 18.2 Å². The van der Waals surface area contributed by atoms with E-state index in [0.717, 1.165) is 17.0 Å². The molecule has 1 aliphatic heterocycles. The summed E-state index contributed by atoms with van der Waals surface area (Å²) >= 11 is 0. The number of alkyl halides is 3. The molecule has 4 rings (SSSR count). The molecule has 0 saturated carbocycles. The van der Waals surface area contributed by atoms with Crippen LogP contribution in [0.1, 0.15) is 11.3 Å². The van der Waals surface area contributed by atoms with Crippen molar-refractivity contribution in [1.82, 2.24) is 9.88 Å². The number of anilines is 1. The van der Waals surface area contributed by atoms with Gasteiger partial charge in [-0.2, -0.15) is 13.2 Å². The van der Waals surface area contributed by atoms with E-state index in [1.165, 1.54) is 54.3 Å². The lowest BCUT2D eigenvalue weighted by molar-refractivity contribution is -0.137. The van der Waals surface area contributed by atoms with Gasteiger partial charge >= 0.3 is 12.2 Å². The molecule has 2 aromatic carbocycles. The van der Waals surface area contributed by atoms with Gasteiger partial charge in [0.2, 0.25) is 0 Å². The lowest BCUT2D eigenvalue weighted by Gasteiger charge is -2.26. The van der Waals surface area contributed by atoms with E-state index in [4.69, 9.17) is 4.74 Å². The number of rotatable bonds is 4. The fourth-order valence-electron chi connectivity index (χ4n) is 3.35. The van der Waals surface area contributed by atoms with Crippen LogP contribution in [0, 0.1) is 0 Å². The van der Waals surface area contributed by atoms with Gasteiger partial charge in [-0.25, -0.2) is 9.69 Å². The normalized spacial score (nSPS) is 15.7. The van der Waals surface area contributed by atoms with Crippen molar-refractivity contribution >= 4 is 29.6 Å². The average molecular weight is 455 g/mol. The molecule has 1 saturated heterocycles. The van der Waals surface area contributed by atoms with Crippen LogP contribution in [-0.2, 0) is 15.8 Å². The van der Waals surface area contributed by atoms with E-state index < -0.39 is 29.6 Å². The first-order valence-electron chi connectivity index (χ1n) is 9.59. The summed E-state index contributed by atoms with van der Waals surface area (Å²) < 4.78 is 45.8. The van der Waals surface area contributed by atoms with Crippen molar-refractivity contribution in [3.05, 3.63) is 83.7 Å². The molecule has 0 atom stereocenters. The minimum Gasteiger partial charge on any atom is -0.497 e. The lowest BCUT2D eigenvalue weighted by Crippen LogP contribution is -2.54. The number of barbiturate groups is 1. The number of ether oxygens (including phenoxy) is 1. The van der Waals surface area contributed by atoms with Crippen molar-refractivity contribution in [2.75, 3.05) is 12.0 Å². The number of hydrogen-bond donors (Lipinski definition) is 1. The molecule has 2 heterocycles. The van der Waals surface area contributed by atoms with Crippen LogP contribution < -0.4 is 15.0 Å². The number of imide groups is 2. The van der Waals surface area contributed by atoms with Gasteiger partial charge in [-0.1, -0.05) is 6.07 Å². The monoisotopic (exact) mass is 455 g/mol. The molecule has 1 aliphatic rings. The number of urea groups is 1. The molecule has 1 fully saturated rings. The maximum absolute atomic E-state index is 13.1. The van der Waals surface area contributed by atoms with Gasteiger partial charge < -0.3 is 9.30 Å². The van der Waals surface area contributed by atoms with Crippen LogP contribution in [0.5, 0.6) is 5.75 Å². The Kier molecular flexibility index (Phi) is 5.50. The minimum atomic E-state index is -4.53. The number of carbonyl (C=O) groups is 3. The van der Waals surface area contributed by atoms with E-state index in [1.807, 2.05) is 0 Å². The van der Waals surface area contributed by atoms with Crippen LogP contribution in [0.3, 0.4) is 0 Å². The van der Waals surface area contributed by atoms with E-state index >= 15 is 0 Å². The second-order valence-electron chi connectivity index (χ2n) is 7.01. The molecule has 0 bridgehead atoms. The van der Waals surface area contributed by atoms with E-state index in [2.05, 4.69) is 5.32 Å². The van der Waals surface area contributed by atoms with Crippen molar-refractivity contribution in [3.63, 3.8) is 0 Å². The Hall–Kier alpha value is -4.34. The Labute approximate surface area is 185 Å².